The molecular weight excluding hydrogens is 284 g/mol. The second-order valence-electron chi connectivity index (χ2n) is 8.02. The molecule has 2 nitrogen and oxygen atoms in total. The van der Waals surface area contributed by atoms with Crippen LogP contribution in [-0.4, -0.2) is 16.5 Å². The SMILES string of the molecule is CC.CC(/C=C/[C@@H](C)C(C)(C)O)C(C)[C@@]1(C)CCCC(=O)C1C. The second-order valence-corrected chi connectivity index (χ2v) is 8.02. The average Bonchev–Trinajstić information content (AvgIpc) is 2.50. The topological polar surface area (TPSA) is 37.3 Å². The first-order valence-electron chi connectivity index (χ1n) is 9.43. The zero-order chi connectivity index (χ0) is 18.4. The molecule has 23 heavy (non-hydrogen) atoms. The van der Waals surface area contributed by atoms with Crippen molar-refractivity contribution in [2.75, 3.05) is 0 Å². The molecule has 0 saturated heterocycles. The molecule has 1 fully saturated rings. The highest BCUT2D eigenvalue weighted by Gasteiger charge is 2.43. The molecule has 136 valence electrons. The summed E-state index contributed by atoms with van der Waals surface area (Å²) in [6.07, 6.45) is 7.27. The van der Waals surface area contributed by atoms with Crippen molar-refractivity contribution in [1.82, 2.24) is 0 Å². The van der Waals surface area contributed by atoms with Gasteiger partial charge in [0.2, 0.25) is 0 Å². The normalized spacial score (nSPS) is 29.7. The van der Waals surface area contributed by atoms with Crippen molar-refractivity contribution < 1.29 is 9.90 Å². The van der Waals surface area contributed by atoms with Crippen LogP contribution in [0.3, 0.4) is 0 Å². The molecule has 1 aliphatic rings. The van der Waals surface area contributed by atoms with Gasteiger partial charge in [0.15, 0.2) is 0 Å². The summed E-state index contributed by atoms with van der Waals surface area (Å²) in [5.74, 6) is 1.58. The van der Waals surface area contributed by atoms with Gasteiger partial charge < -0.3 is 5.11 Å². The molecule has 0 amide bonds. The second kappa shape index (κ2) is 9.01. The molecule has 0 aromatic heterocycles. The van der Waals surface area contributed by atoms with Crippen LogP contribution in [0.2, 0.25) is 0 Å². The maximum absolute atomic E-state index is 12.1. The first-order chi connectivity index (χ1) is 10.5. The minimum absolute atomic E-state index is 0.0943. The van der Waals surface area contributed by atoms with Crippen LogP contribution in [0.15, 0.2) is 12.2 Å². The number of carbonyl (C=O) groups is 1. The van der Waals surface area contributed by atoms with E-state index in [-0.39, 0.29) is 17.3 Å². The molecule has 0 radical (unpaired) electrons. The third-order valence-corrected chi connectivity index (χ3v) is 6.26. The van der Waals surface area contributed by atoms with E-state index in [4.69, 9.17) is 0 Å². The molecule has 0 aliphatic heterocycles. The lowest BCUT2D eigenvalue weighted by molar-refractivity contribution is -0.131. The van der Waals surface area contributed by atoms with Gasteiger partial charge in [-0.2, -0.15) is 0 Å². The van der Waals surface area contributed by atoms with E-state index in [0.29, 0.717) is 17.6 Å². The Labute approximate surface area is 144 Å². The fourth-order valence-electron chi connectivity index (χ4n) is 3.41. The summed E-state index contributed by atoms with van der Waals surface area (Å²) in [7, 11) is 0. The van der Waals surface area contributed by atoms with Crippen LogP contribution in [0.4, 0.5) is 0 Å². The third kappa shape index (κ3) is 5.74. The summed E-state index contributed by atoms with van der Waals surface area (Å²) < 4.78 is 0. The van der Waals surface area contributed by atoms with Gasteiger partial charge in [-0.25, -0.2) is 0 Å². The molecular formula is C21H40O2. The van der Waals surface area contributed by atoms with Crippen LogP contribution in [0, 0.1) is 29.1 Å². The van der Waals surface area contributed by atoms with E-state index in [2.05, 4.69) is 39.8 Å². The van der Waals surface area contributed by atoms with Crippen LogP contribution in [0.5, 0.6) is 0 Å². The maximum Gasteiger partial charge on any atom is 0.136 e. The molecule has 2 heteroatoms. The molecule has 1 saturated carbocycles. The molecule has 0 aromatic carbocycles. The molecule has 1 rings (SSSR count). The van der Waals surface area contributed by atoms with E-state index in [1.165, 1.54) is 0 Å². The Morgan fingerprint density at radius 1 is 1.22 bits per heavy atom. The highest BCUT2D eigenvalue weighted by atomic mass is 16.3. The Morgan fingerprint density at radius 2 is 1.74 bits per heavy atom. The summed E-state index contributed by atoms with van der Waals surface area (Å²) >= 11 is 0. The number of hydrogen-bond donors (Lipinski definition) is 1. The highest BCUT2D eigenvalue weighted by molar-refractivity contribution is 5.82. The quantitative estimate of drug-likeness (QED) is 0.664. The van der Waals surface area contributed by atoms with Crippen LogP contribution in [0.25, 0.3) is 0 Å². The van der Waals surface area contributed by atoms with Gasteiger partial charge in [-0.1, -0.05) is 60.6 Å². The van der Waals surface area contributed by atoms with E-state index in [0.717, 1.165) is 19.3 Å². The minimum Gasteiger partial charge on any atom is -0.390 e. The third-order valence-electron chi connectivity index (χ3n) is 6.26. The Morgan fingerprint density at radius 3 is 2.22 bits per heavy atom. The molecule has 0 heterocycles. The zero-order valence-corrected chi connectivity index (χ0v) is 16.9. The number of rotatable bonds is 5. The Hall–Kier alpha value is -0.630. The van der Waals surface area contributed by atoms with E-state index in [1.54, 1.807) is 0 Å². The Bertz CT molecular complexity index is 391. The van der Waals surface area contributed by atoms with E-state index in [9.17, 15) is 9.90 Å². The fourth-order valence-corrected chi connectivity index (χ4v) is 3.41. The van der Waals surface area contributed by atoms with Crippen molar-refractivity contribution in [3.8, 4) is 0 Å². The Kier molecular flexibility index (Phi) is 8.76. The number of aliphatic hydroxyl groups is 1. The monoisotopic (exact) mass is 324 g/mol. The minimum atomic E-state index is -0.683. The summed E-state index contributed by atoms with van der Waals surface area (Å²) in [5.41, 5.74) is -0.589. The van der Waals surface area contributed by atoms with E-state index < -0.39 is 5.60 Å². The molecule has 0 spiro atoms. The van der Waals surface area contributed by atoms with Gasteiger partial charge in [-0.3, -0.25) is 4.79 Å². The average molecular weight is 325 g/mol. The van der Waals surface area contributed by atoms with Crippen molar-refractivity contribution >= 4 is 5.78 Å². The lowest BCUT2D eigenvalue weighted by Crippen LogP contribution is -2.42. The van der Waals surface area contributed by atoms with E-state index >= 15 is 0 Å². The van der Waals surface area contributed by atoms with Crippen molar-refractivity contribution in [2.24, 2.45) is 29.1 Å². The van der Waals surface area contributed by atoms with Crippen LogP contribution in [0.1, 0.15) is 81.6 Å². The summed E-state index contributed by atoms with van der Waals surface area (Å²) in [5, 5.41) is 10.0. The first kappa shape index (κ1) is 22.4. The standard InChI is InChI=1S/C19H34O2.C2H6/c1-13(10-11-14(2)18(5,6)21)15(3)19(7)12-8-9-17(20)16(19)4;1-2/h10-11,13-16,21H,8-9,12H2,1-7H3;1-2H3/b11-10+;/t13?,14-,15?,16?,19-;/m1./s1. The predicted octanol–water partition coefficient (Wildman–Crippen LogP) is 5.64. The van der Waals surface area contributed by atoms with Gasteiger partial charge in [0.1, 0.15) is 5.78 Å². The van der Waals surface area contributed by atoms with Gasteiger partial charge >= 0.3 is 0 Å². The number of hydrogen-bond acceptors (Lipinski definition) is 2. The first-order valence-corrected chi connectivity index (χ1v) is 9.43. The highest BCUT2D eigenvalue weighted by Crippen LogP contribution is 2.47. The number of allylic oxidation sites excluding steroid dienone is 1. The molecule has 0 aromatic rings. The van der Waals surface area contributed by atoms with E-state index in [1.807, 2.05) is 34.6 Å². The predicted molar refractivity (Wildman–Crippen MR) is 100 cm³/mol. The summed E-state index contributed by atoms with van der Waals surface area (Å²) in [6.45, 7) is 18.6. The van der Waals surface area contributed by atoms with Gasteiger partial charge in [-0.05, 0) is 43.9 Å². The smallest absolute Gasteiger partial charge is 0.136 e. The molecule has 1 N–H and O–H groups in total. The molecule has 1 aliphatic carbocycles. The van der Waals surface area contributed by atoms with Gasteiger partial charge in [0.05, 0.1) is 5.60 Å². The molecule has 5 atom stereocenters. The maximum atomic E-state index is 12.1. The number of ketones is 1. The van der Waals surface area contributed by atoms with Gasteiger partial charge in [0, 0.05) is 18.3 Å². The van der Waals surface area contributed by atoms with Crippen molar-refractivity contribution in [3.63, 3.8) is 0 Å². The zero-order valence-electron chi connectivity index (χ0n) is 16.9. The van der Waals surface area contributed by atoms with Gasteiger partial charge in [0.25, 0.3) is 0 Å². The lowest BCUT2D eigenvalue weighted by Gasteiger charge is -2.45. The van der Waals surface area contributed by atoms with Crippen LogP contribution >= 0.6 is 0 Å². The Balaban J connectivity index is 0.00000232. The molecule has 0 bridgehead atoms. The number of carbonyl (C=O) groups excluding carboxylic acids is 1. The molecule has 3 unspecified atom stereocenters. The summed E-state index contributed by atoms with van der Waals surface area (Å²) in [6, 6.07) is 0. The van der Waals surface area contributed by atoms with Crippen LogP contribution in [-0.2, 0) is 4.79 Å². The fraction of sp³-hybridized carbons (Fsp3) is 0.857. The summed E-state index contributed by atoms with van der Waals surface area (Å²) in [4.78, 5) is 12.1. The van der Waals surface area contributed by atoms with Crippen molar-refractivity contribution in [3.05, 3.63) is 12.2 Å². The van der Waals surface area contributed by atoms with Gasteiger partial charge in [-0.15, -0.1) is 0 Å². The van der Waals surface area contributed by atoms with Crippen LogP contribution < -0.4 is 0 Å². The van der Waals surface area contributed by atoms with Crippen molar-refractivity contribution in [2.45, 2.75) is 87.2 Å². The largest absolute Gasteiger partial charge is 0.390 e. The lowest BCUT2D eigenvalue weighted by atomic mass is 9.58. The van der Waals surface area contributed by atoms with Crippen molar-refractivity contribution in [1.29, 1.82) is 0 Å². The number of Topliss-reactive ketones (excluding diaryl/α,β-unsaturated/α-hetero) is 1.